The molecule has 4 rings (SSSR count). The van der Waals surface area contributed by atoms with Crippen LogP contribution in [0.4, 0.5) is 5.82 Å². The van der Waals surface area contributed by atoms with Gasteiger partial charge in [-0.15, -0.1) is 11.3 Å². The number of carboxylic acid groups (broad SMARTS) is 1. The highest BCUT2D eigenvalue weighted by Crippen LogP contribution is 2.34. The lowest BCUT2D eigenvalue weighted by atomic mass is 10.1. The average Bonchev–Trinajstić information content (AvgIpc) is 3.30. The summed E-state index contributed by atoms with van der Waals surface area (Å²) in [5.41, 5.74) is 3.18. The van der Waals surface area contributed by atoms with Crippen LogP contribution in [0.3, 0.4) is 0 Å². The summed E-state index contributed by atoms with van der Waals surface area (Å²) in [5.74, 6) is -0.483. The molecule has 0 spiro atoms. The predicted octanol–water partition coefficient (Wildman–Crippen LogP) is 5.36. The third kappa shape index (κ3) is 3.09. The number of aromatic nitrogens is 1. The summed E-state index contributed by atoms with van der Waals surface area (Å²) in [6, 6.07) is 13.7. The zero-order valence-electron chi connectivity index (χ0n) is 14.0. The molecule has 130 valence electrons. The first-order chi connectivity index (χ1) is 12.6. The first-order valence-corrected chi connectivity index (χ1v) is 9.89. The molecule has 0 atom stereocenters. The van der Waals surface area contributed by atoms with Crippen LogP contribution in [-0.4, -0.2) is 23.1 Å². The van der Waals surface area contributed by atoms with Gasteiger partial charge in [0.25, 0.3) is 0 Å². The molecule has 6 heteroatoms. The third-order valence-corrected chi connectivity index (χ3v) is 5.92. The summed E-state index contributed by atoms with van der Waals surface area (Å²) in [5, 5.41) is 16.9. The van der Waals surface area contributed by atoms with Gasteiger partial charge in [-0.2, -0.15) is 11.3 Å². The fraction of sp³-hybridized carbons (Fsp3) is 0.100. The van der Waals surface area contributed by atoms with Gasteiger partial charge in [0.2, 0.25) is 0 Å². The first-order valence-electron chi connectivity index (χ1n) is 8.06. The van der Waals surface area contributed by atoms with Crippen LogP contribution < -0.4 is 4.90 Å². The van der Waals surface area contributed by atoms with Gasteiger partial charge in [0.15, 0.2) is 0 Å². The van der Waals surface area contributed by atoms with E-state index in [4.69, 9.17) is 4.98 Å². The lowest BCUT2D eigenvalue weighted by molar-refractivity contribution is 0.0697. The van der Waals surface area contributed by atoms with Gasteiger partial charge in [0.05, 0.1) is 5.69 Å². The molecule has 26 heavy (non-hydrogen) atoms. The van der Waals surface area contributed by atoms with E-state index >= 15 is 0 Å². The van der Waals surface area contributed by atoms with E-state index in [0.29, 0.717) is 12.4 Å². The predicted molar refractivity (Wildman–Crippen MR) is 108 cm³/mol. The van der Waals surface area contributed by atoms with Gasteiger partial charge in [-0.3, -0.25) is 0 Å². The number of anilines is 1. The molecule has 0 radical (unpaired) electrons. The maximum Gasteiger partial charge on any atom is 0.339 e. The molecule has 0 aliphatic carbocycles. The van der Waals surface area contributed by atoms with Crippen molar-refractivity contribution in [2.45, 2.75) is 6.54 Å². The van der Waals surface area contributed by atoms with E-state index in [1.54, 1.807) is 34.8 Å². The summed E-state index contributed by atoms with van der Waals surface area (Å²) < 4.78 is 1.19. The van der Waals surface area contributed by atoms with Crippen molar-refractivity contribution in [2.75, 3.05) is 11.9 Å². The Kier molecular flexibility index (Phi) is 4.44. The van der Waals surface area contributed by atoms with Gasteiger partial charge in [-0.05, 0) is 40.6 Å². The van der Waals surface area contributed by atoms with Crippen molar-refractivity contribution < 1.29 is 9.90 Å². The van der Waals surface area contributed by atoms with Crippen molar-refractivity contribution in [2.24, 2.45) is 0 Å². The number of nitrogens with zero attached hydrogens (tertiary/aromatic N) is 2. The van der Waals surface area contributed by atoms with Crippen LogP contribution in [0.15, 0.2) is 58.6 Å². The quantitative estimate of drug-likeness (QED) is 0.506. The Hall–Kier alpha value is -2.70. The highest BCUT2D eigenvalue weighted by Gasteiger charge is 2.18. The molecule has 0 aliphatic rings. The van der Waals surface area contributed by atoms with Gasteiger partial charge in [0, 0.05) is 34.6 Å². The van der Waals surface area contributed by atoms with E-state index < -0.39 is 5.97 Å². The van der Waals surface area contributed by atoms with Crippen molar-refractivity contribution in [3.8, 4) is 11.3 Å². The Labute approximate surface area is 159 Å². The standard InChI is InChI=1S/C20H16N2O2S2/c1-22(10-13-8-9-25-11-13)19-15(20(23)24)6-7-17(21-19)16-12-26-18-5-3-2-4-14(16)18/h2-9,11-12H,10H2,1H3,(H,23,24). The summed E-state index contributed by atoms with van der Waals surface area (Å²) in [4.78, 5) is 18.3. The molecule has 0 saturated heterocycles. The maximum atomic E-state index is 11.7. The molecule has 0 unspecified atom stereocenters. The molecule has 0 saturated carbocycles. The number of pyridine rings is 1. The topological polar surface area (TPSA) is 53.4 Å². The van der Waals surface area contributed by atoms with Crippen molar-refractivity contribution in [1.82, 2.24) is 4.98 Å². The molecule has 0 fully saturated rings. The van der Waals surface area contributed by atoms with Gasteiger partial charge in [-0.1, -0.05) is 18.2 Å². The van der Waals surface area contributed by atoms with Crippen LogP contribution in [0.25, 0.3) is 21.3 Å². The smallest absolute Gasteiger partial charge is 0.339 e. The van der Waals surface area contributed by atoms with Crippen LogP contribution in [0, 0.1) is 0 Å². The zero-order chi connectivity index (χ0) is 18.1. The second-order valence-electron chi connectivity index (χ2n) is 6.01. The molecule has 0 aliphatic heterocycles. The van der Waals surface area contributed by atoms with Crippen LogP contribution in [0.5, 0.6) is 0 Å². The fourth-order valence-corrected chi connectivity index (χ4v) is 4.58. The van der Waals surface area contributed by atoms with Crippen LogP contribution in [0.1, 0.15) is 15.9 Å². The number of carbonyl (C=O) groups is 1. The lowest BCUT2D eigenvalue weighted by Crippen LogP contribution is -2.20. The van der Waals surface area contributed by atoms with E-state index in [0.717, 1.165) is 22.2 Å². The summed E-state index contributed by atoms with van der Waals surface area (Å²) in [7, 11) is 1.88. The summed E-state index contributed by atoms with van der Waals surface area (Å²) >= 11 is 3.30. The molecular formula is C20H16N2O2S2. The van der Waals surface area contributed by atoms with Crippen LogP contribution in [-0.2, 0) is 6.54 Å². The fourth-order valence-electron chi connectivity index (χ4n) is 2.96. The molecule has 1 N–H and O–H groups in total. The molecule has 4 aromatic rings. The Bertz CT molecular complexity index is 1070. The Morgan fingerprint density at radius 1 is 1.15 bits per heavy atom. The monoisotopic (exact) mass is 380 g/mol. The van der Waals surface area contributed by atoms with E-state index in [-0.39, 0.29) is 5.56 Å². The number of aromatic carboxylic acids is 1. The third-order valence-electron chi connectivity index (χ3n) is 4.22. The van der Waals surface area contributed by atoms with Crippen LogP contribution in [0.2, 0.25) is 0 Å². The Morgan fingerprint density at radius 2 is 2.00 bits per heavy atom. The number of rotatable bonds is 5. The van der Waals surface area contributed by atoms with Crippen molar-refractivity contribution in [3.63, 3.8) is 0 Å². The second kappa shape index (κ2) is 6.90. The molecule has 0 amide bonds. The number of fused-ring (bicyclic) bond motifs is 1. The largest absolute Gasteiger partial charge is 0.478 e. The number of benzene rings is 1. The molecule has 3 heterocycles. The van der Waals surface area contributed by atoms with Gasteiger partial charge < -0.3 is 10.0 Å². The Balaban J connectivity index is 1.79. The van der Waals surface area contributed by atoms with E-state index in [2.05, 4.69) is 22.9 Å². The van der Waals surface area contributed by atoms with E-state index in [1.165, 1.54) is 4.70 Å². The van der Waals surface area contributed by atoms with E-state index in [9.17, 15) is 9.90 Å². The summed E-state index contributed by atoms with van der Waals surface area (Å²) in [6.45, 7) is 0.616. The van der Waals surface area contributed by atoms with Crippen molar-refractivity contribution in [3.05, 3.63) is 69.7 Å². The Morgan fingerprint density at radius 3 is 2.77 bits per heavy atom. The zero-order valence-corrected chi connectivity index (χ0v) is 15.7. The van der Waals surface area contributed by atoms with Gasteiger partial charge in [-0.25, -0.2) is 9.78 Å². The number of hydrogen-bond acceptors (Lipinski definition) is 5. The second-order valence-corrected chi connectivity index (χ2v) is 7.70. The minimum Gasteiger partial charge on any atom is -0.478 e. The molecular weight excluding hydrogens is 364 g/mol. The molecule has 3 aromatic heterocycles. The van der Waals surface area contributed by atoms with Crippen molar-refractivity contribution in [1.29, 1.82) is 0 Å². The molecule has 0 bridgehead atoms. The first kappa shape index (κ1) is 16.8. The lowest BCUT2D eigenvalue weighted by Gasteiger charge is -2.20. The van der Waals surface area contributed by atoms with Gasteiger partial charge >= 0.3 is 5.97 Å². The minimum atomic E-state index is -0.966. The average molecular weight is 380 g/mol. The molecule has 4 nitrogen and oxygen atoms in total. The highest BCUT2D eigenvalue weighted by atomic mass is 32.1. The maximum absolute atomic E-state index is 11.7. The number of carboxylic acids is 1. The normalized spacial score (nSPS) is 11.0. The highest BCUT2D eigenvalue weighted by molar-refractivity contribution is 7.17. The van der Waals surface area contributed by atoms with E-state index in [1.807, 2.05) is 35.5 Å². The molecule has 1 aromatic carbocycles. The number of thiophene rings is 2. The number of hydrogen-bond donors (Lipinski definition) is 1. The van der Waals surface area contributed by atoms with Crippen LogP contribution >= 0.6 is 22.7 Å². The SMILES string of the molecule is CN(Cc1ccsc1)c1nc(-c2csc3ccccc23)ccc1C(=O)O. The summed E-state index contributed by atoms with van der Waals surface area (Å²) in [6.07, 6.45) is 0. The van der Waals surface area contributed by atoms with Crippen molar-refractivity contribution >= 4 is 44.5 Å². The van der Waals surface area contributed by atoms with Gasteiger partial charge in [0.1, 0.15) is 11.4 Å². The minimum absolute atomic E-state index is 0.214.